The van der Waals surface area contributed by atoms with Crippen LogP contribution in [0, 0.1) is 11.7 Å². The fourth-order valence-electron chi connectivity index (χ4n) is 2.51. The van der Waals surface area contributed by atoms with Gasteiger partial charge in [0.25, 0.3) is 5.91 Å². The summed E-state index contributed by atoms with van der Waals surface area (Å²) < 4.78 is 13.2. The molecular formula is C14H20FN3O. The zero-order chi connectivity index (χ0) is 13.8. The SMILES string of the molecule is CC(Nc1ccc(F)cc1C(N)=O)C1CCCNC1. The van der Waals surface area contributed by atoms with E-state index in [4.69, 9.17) is 5.73 Å². The average Bonchev–Trinajstić information content (AvgIpc) is 2.41. The first-order valence-corrected chi connectivity index (χ1v) is 6.64. The molecule has 1 aliphatic rings. The van der Waals surface area contributed by atoms with Crippen LogP contribution in [0.25, 0.3) is 0 Å². The predicted molar refractivity (Wildman–Crippen MR) is 73.6 cm³/mol. The van der Waals surface area contributed by atoms with Crippen molar-refractivity contribution in [1.82, 2.24) is 5.32 Å². The Hall–Kier alpha value is -1.62. The number of carbonyl (C=O) groups excluding carboxylic acids is 1. The zero-order valence-electron chi connectivity index (χ0n) is 11.1. The van der Waals surface area contributed by atoms with Crippen LogP contribution in [0.15, 0.2) is 18.2 Å². The van der Waals surface area contributed by atoms with Crippen molar-refractivity contribution in [2.24, 2.45) is 11.7 Å². The van der Waals surface area contributed by atoms with Crippen molar-refractivity contribution in [2.75, 3.05) is 18.4 Å². The number of rotatable bonds is 4. The summed E-state index contributed by atoms with van der Waals surface area (Å²) in [4.78, 5) is 11.3. The highest BCUT2D eigenvalue weighted by Gasteiger charge is 2.21. The van der Waals surface area contributed by atoms with Crippen LogP contribution in [0.2, 0.25) is 0 Å². The lowest BCUT2D eigenvalue weighted by molar-refractivity contribution is 0.100. The van der Waals surface area contributed by atoms with E-state index in [1.165, 1.54) is 12.1 Å². The number of nitrogens with two attached hydrogens (primary N) is 1. The number of halogens is 1. The average molecular weight is 265 g/mol. The third kappa shape index (κ3) is 3.44. The second-order valence-electron chi connectivity index (χ2n) is 5.09. The van der Waals surface area contributed by atoms with Crippen LogP contribution in [0.3, 0.4) is 0 Å². The topological polar surface area (TPSA) is 67.1 Å². The van der Waals surface area contributed by atoms with E-state index in [9.17, 15) is 9.18 Å². The summed E-state index contributed by atoms with van der Waals surface area (Å²) in [7, 11) is 0. The number of hydrogen-bond acceptors (Lipinski definition) is 3. The molecule has 0 aromatic heterocycles. The largest absolute Gasteiger partial charge is 0.382 e. The van der Waals surface area contributed by atoms with Crippen LogP contribution >= 0.6 is 0 Å². The van der Waals surface area contributed by atoms with Gasteiger partial charge in [-0.05, 0) is 57.0 Å². The molecule has 2 atom stereocenters. The van der Waals surface area contributed by atoms with Crippen molar-refractivity contribution in [1.29, 1.82) is 0 Å². The van der Waals surface area contributed by atoms with E-state index in [1.807, 2.05) is 0 Å². The van der Waals surface area contributed by atoms with E-state index < -0.39 is 11.7 Å². The Morgan fingerprint density at radius 3 is 3.00 bits per heavy atom. The smallest absolute Gasteiger partial charge is 0.250 e. The summed E-state index contributed by atoms with van der Waals surface area (Å²) in [6.07, 6.45) is 2.30. The molecule has 4 N–H and O–H groups in total. The van der Waals surface area contributed by atoms with Crippen molar-refractivity contribution in [3.63, 3.8) is 0 Å². The molecule has 1 heterocycles. The third-order valence-corrected chi connectivity index (χ3v) is 3.67. The molecule has 0 aliphatic carbocycles. The molecule has 1 fully saturated rings. The summed E-state index contributed by atoms with van der Waals surface area (Å²) >= 11 is 0. The summed E-state index contributed by atoms with van der Waals surface area (Å²) in [5.41, 5.74) is 6.09. The van der Waals surface area contributed by atoms with Gasteiger partial charge in [-0.15, -0.1) is 0 Å². The molecular weight excluding hydrogens is 245 g/mol. The highest BCUT2D eigenvalue weighted by molar-refractivity contribution is 5.98. The normalized spacial score (nSPS) is 20.8. The van der Waals surface area contributed by atoms with Gasteiger partial charge in [0, 0.05) is 11.7 Å². The molecule has 0 bridgehead atoms. The van der Waals surface area contributed by atoms with Crippen LogP contribution < -0.4 is 16.4 Å². The molecule has 0 spiro atoms. The van der Waals surface area contributed by atoms with Crippen LogP contribution in [0.5, 0.6) is 0 Å². The minimum Gasteiger partial charge on any atom is -0.382 e. The number of anilines is 1. The molecule has 1 aromatic carbocycles. The van der Waals surface area contributed by atoms with Crippen LogP contribution in [-0.2, 0) is 0 Å². The first-order chi connectivity index (χ1) is 9.08. The fourth-order valence-corrected chi connectivity index (χ4v) is 2.51. The lowest BCUT2D eigenvalue weighted by atomic mass is 9.92. The summed E-state index contributed by atoms with van der Waals surface area (Å²) in [6.45, 7) is 4.10. The summed E-state index contributed by atoms with van der Waals surface area (Å²) in [5.74, 6) is -0.568. The molecule has 0 radical (unpaired) electrons. The Morgan fingerprint density at radius 2 is 2.37 bits per heavy atom. The number of piperidine rings is 1. The van der Waals surface area contributed by atoms with Crippen molar-refractivity contribution in [3.8, 4) is 0 Å². The van der Waals surface area contributed by atoms with Crippen LogP contribution in [0.4, 0.5) is 10.1 Å². The van der Waals surface area contributed by atoms with Gasteiger partial charge in [-0.2, -0.15) is 0 Å². The maximum atomic E-state index is 13.2. The lowest BCUT2D eigenvalue weighted by Gasteiger charge is -2.30. The molecule has 19 heavy (non-hydrogen) atoms. The number of primary amides is 1. The molecule has 0 saturated carbocycles. The van der Waals surface area contributed by atoms with Gasteiger partial charge in [0.2, 0.25) is 0 Å². The quantitative estimate of drug-likeness (QED) is 0.776. The molecule has 2 unspecified atom stereocenters. The van der Waals surface area contributed by atoms with Gasteiger partial charge in [-0.25, -0.2) is 4.39 Å². The van der Waals surface area contributed by atoms with Crippen molar-refractivity contribution >= 4 is 11.6 Å². The number of hydrogen-bond donors (Lipinski definition) is 3. The molecule has 1 saturated heterocycles. The zero-order valence-corrected chi connectivity index (χ0v) is 11.1. The molecule has 104 valence electrons. The Kier molecular flexibility index (Phi) is 4.37. The van der Waals surface area contributed by atoms with Crippen molar-refractivity contribution in [3.05, 3.63) is 29.6 Å². The monoisotopic (exact) mass is 265 g/mol. The van der Waals surface area contributed by atoms with Gasteiger partial charge in [0.1, 0.15) is 5.82 Å². The van der Waals surface area contributed by atoms with E-state index in [0.29, 0.717) is 11.6 Å². The van der Waals surface area contributed by atoms with Gasteiger partial charge in [-0.3, -0.25) is 4.79 Å². The van der Waals surface area contributed by atoms with Gasteiger partial charge >= 0.3 is 0 Å². The molecule has 1 aromatic rings. The fraction of sp³-hybridized carbons (Fsp3) is 0.500. The van der Waals surface area contributed by atoms with Gasteiger partial charge in [0.05, 0.1) is 5.56 Å². The minimum absolute atomic E-state index is 0.204. The number of benzene rings is 1. The summed E-state index contributed by atoms with van der Waals surface area (Å²) in [6, 6.07) is 4.29. The number of amides is 1. The van der Waals surface area contributed by atoms with Crippen molar-refractivity contribution < 1.29 is 9.18 Å². The highest BCUT2D eigenvalue weighted by Crippen LogP contribution is 2.22. The molecule has 5 heteroatoms. The van der Waals surface area contributed by atoms with Gasteiger partial charge < -0.3 is 16.4 Å². The number of nitrogens with one attached hydrogen (secondary N) is 2. The van der Waals surface area contributed by atoms with Gasteiger partial charge in [0.15, 0.2) is 0 Å². The second kappa shape index (κ2) is 6.02. The predicted octanol–water partition coefficient (Wildman–Crippen LogP) is 1.72. The number of carbonyl (C=O) groups is 1. The Labute approximate surface area is 112 Å². The first kappa shape index (κ1) is 13.8. The molecule has 4 nitrogen and oxygen atoms in total. The molecule has 1 amide bonds. The van der Waals surface area contributed by atoms with E-state index in [2.05, 4.69) is 17.6 Å². The van der Waals surface area contributed by atoms with E-state index in [0.717, 1.165) is 25.9 Å². The second-order valence-corrected chi connectivity index (χ2v) is 5.09. The van der Waals surface area contributed by atoms with Gasteiger partial charge in [-0.1, -0.05) is 0 Å². The summed E-state index contributed by atoms with van der Waals surface area (Å²) in [5, 5.41) is 6.64. The van der Waals surface area contributed by atoms with E-state index >= 15 is 0 Å². The highest BCUT2D eigenvalue weighted by atomic mass is 19.1. The Bertz CT molecular complexity index is 458. The van der Waals surface area contributed by atoms with Crippen molar-refractivity contribution in [2.45, 2.75) is 25.8 Å². The van der Waals surface area contributed by atoms with E-state index in [-0.39, 0.29) is 11.6 Å². The van der Waals surface area contributed by atoms with Crippen LogP contribution in [-0.4, -0.2) is 25.0 Å². The maximum absolute atomic E-state index is 13.2. The lowest BCUT2D eigenvalue weighted by Crippen LogP contribution is -2.39. The maximum Gasteiger partial charge on any atom is 0.250 e. The standard InChI is InChI=1S/C14H20FN3O/c1-9(10-3-2-6-17-8-10)18-13-5-4-11(15)7-12(13)14(16)19/h4-5,7,9-10,17-18H,2-3,6,8H2,1H3,(H2,16,19). The first-order valence-electron chi connectivity index (χ1n) is 6.64. The third-order valence-electron chi connectivity index (χ3n) is 3.67. The molecule has 1 aliphatic heterocycles. The Morgan fingerprint density at radius 1 is 1.58 bits per heavy atom. The van der Waals surface area contributed by atoms with E-state index in [1.54, 1.807) is 6.07 Å². The molecule has 2 rings (SSSR count). The minimum atomic E-state index is -0.615. The Balaban J connectivity index is 2.11. The van der Waals surface area contributed by atoms with Crippen LogP contribution in [0.1, 0.15) is 30.1 Å².